The van der Waals surface area contributed by atoms with Gasteiger partial charge in [-0.15, -0.1) is 0 Å². The zero-order chi connectivity index (χ0) is 59.7. The van der Waals surface area contributed by atoms with Gasteiger partial charge in [-0.3, -0.25) is 52.8 Å². The molecule has 1 fully saturated rings. The van der Waals surface area contributed by atoms with Gasteiger partial charge in [0.2, 0.25) is 29.5 Å². The molecule has 0 bridgehead atoms. The average Bonchev–Trinajstić information content (AvgIpc) is 1.92. The Bertz CT molecular complexity index is 3470. The Hall–Kier alpha value is -8.75. The molecule has 5 heterocycles. The summed E-state index contributed by atoms with van der Waals surface area (Å²) in [6.07, 6.45) is 3.22. The number of aryl methyl sites for hydroxylation is 1. The van der Waals surface area contributed by atoms with Crippen LogP contribution in [0.15, 0.2) is 59.4 Å². The molecular weight excluding hydrogens is 1080 g/mol. The van der Waals surface area contributed by atoms with Crippen LogP contribution in [0.4, 0.5) is 4.39 Å². The van der Waals surface area contributed by atoms with E-state index in [0.29, 0.717) is 75.1 Å². The summed E-state index contributed by atoms with van der Waals surface area (Å²) in [6, 6.07) is 8.14. The Morgan fingerprint density at radius 3 is 2.22 bits per heavy atom. The summed E-state index contributed by atoms with van der Waals surface area (Å²) in [5, 5.41) is 30.1. The SMILES string of the molecule is CC[C@@]1(O)C(=O)OCc2c1cc1n(c2=O)Cc2c-1nc1cc(F)c(C)c3c1c2[C@@H](NC(=O)C1(OCNC(=O)CNC(=O)[C@H](Cc2ccccc2)NC(=O)CNC(=O)CNC(=O)[C@H](CNCC(=O)OC(C)(C)C)N2C(=O)C=CC2=O)CC1)CC3. The van der Waals surface area contributed by atoms with Gasteiger partial charge in [0.25, 0.3) is 23.3 Å². The van der Waals surface area contributed by atoms with Gasteiger partial charge in [-0.2, -0.15) is 0 Å². The molecular formula is C57H63FN10O15. The molecule has 0 unspecified atom stereocenters. The molecule has 8 N–H and O–H groups in total. The number of aromatic nitrogens is 2. The molecule has 25 nitrogen and oxygen atoms in total. The Kier molecular flexibility index (Phi) is 16.8. The Morgan fingerprint density at radius 2 is 1.54 bits per heavy atom. The number of benzene rings is 2. The van der Waals surface area contributed by atoms with Crippen molar-refractivity contribution in [1.82, 2.24) is 51.7 Å². The van der Waals surface area contributed by atoms with Crippen LogP contribution in [0, 0.1) is 12.7 Å². The van der Waals surface area contributed by atoms with Gasteiger partial charge in [0.15, 0.2) is 5.60 Å². The van der Waals surface area contributed by atoms with Crippen LogP contribution in [-0.2, 0) is 93.8 Å². The highest BCUT2D eigenvalue weighted by molar-refractivity contribution is 6.15. The number of carbonyl (C=O) groups excluding carboxylic acids is 10. The number of ether oxygens (including phenoxy) is 3. The fourth-order valence-electron chi connectivity index (χ4n) is 10.7. The maximum atomic E-state index is 15.5. The van der Waals surface area contributed by atoms with E-state index in [0.717, 1.165) is 17.7 Å². The van der Waals surface area contributed by atoms with Crippen LogP contribution in [0.3, 0.4) is 0 Å². The highest BCUT2D eigenvalue weighted by Crippen LogP contribution is 2.47. The lowest BCUT2D eigenvalue weighted by Gasteiger charge is -2.31. The second-order valence-electron chi connectivity index (χ2n) is 21.9. The van der Waals surface area contributed by atoms with E-state index in [1.54, 1.807) is 71.0 Å². The summed E-state index contributed by atoms with van der Waals surface area (Å²) in [5.74, 6) is -8.09. The number of carbonyl (C=O) groups is 10. The molecule has 83 heavy (non-hydrogen) atoms. The maximum Gasteiger partial charge on any atom is 0.343 e. The van der Waals surface area contributed by atoms with Gasteiger partial charge in [0, 0.05) is 47.7 Å². The van der Waals surface area contributed by atoms with Crippen molar-refractivity contribution in [1.29, 1.82) is 0 Å². The molecule has 4 atom stereocenters. The lowest BCUT2D eigenvalue weighted by atomic mass is 9.81. The van der Waals surface area contributed by atoms with Gasteiger partial charge in [-0.1, -0.05) is 37.3 Å². The Labute approximate surface area is 473 Å². The summed E-state index contributed by atoms with van der Waals surface area (Å²) in [5.41, 5.74) is -0.389. The third-order valence-electron chi connectivity index (χ3n) is 15.1. The number of nitrogens with one attached hydrogen (secondary N) is 7. The van der Waals surface area contributed by atoms with E-state index in [1.807, 2.05) is 0 Å². The van der Waals surface area contributed by atoms with Crippen LogP contribution in [0.1, 0.15) is 98.4 Å². The number of nitrogens with zero attached hydrogens (tertiary/aromatic N) is 3. The summed E-state index contributed by atoms with van der Waals surface area (Å²) >= 11 is 0. The predicted molar refractivity (Wildman–Crippen MR) is 289 cm³/mol. The van der Waals surface area contributed by atoms with Crippen LogP contribution in [0.25, 0.3) is 22.3 Å². The molecule has 0 spiro atoms. The quantitative estimate of drug-likeness (QED) is 0.0247. The number of pyridine rings is 2. The number of rotatable bonds is 22. The fraction of sp³-hybridized carbons (Fsp3) is 0.439. The summed E-state index contributed by atoms with van der Waals surface area (Å²) < 4.78 is 33.4. The molecule has 2 aliphatic carbocycles. The van der Waals surface area contributed by atoms with Crippen molar-refractivity contribution in [3.8, 4) is 11.4 Å². The molecule has 2 aromatic heterocycles. The van der Waals surface area contributed by atoms with Gasteiger partial charge in [0.05, 0.1) is 61.2 Å². The first-order chi connectivity index (χ1) is 39.4. The van der Waals surface area contributed by atoms with E-state index >= 15 is 4.39 Å². The van der Waals surface area contributed by atoms with Crippen molar-refractivity contribution < 1.29 is 71.7 Å². The fourth-order valence-corrected chi connectivity index (χ4v) is 10.7. The van der Waals surface area contributed by atoms with Crippen LogP contribution in [0.2, 0.25) is 0 Å². The Balaban J connectivity index is 0.783. The zero-order valence-corrected chi connectivity index (χ0v) is 46.2. The van der Waals surface area contributed by atoms with Crippen molar-refractivity contribution in [3.63, 3.8) is 0 Å². The monoisotopic (exact) mass is 1150 g/mol. The highest BCUT2D eigenvalue weighted by Gasteiger charge is 2.53. The number of fused-ring (bicyclic) bond motifs is 5. The molecule has 4 aromatic rings. The second kappa shape index (κ2) is 23.6. The largest absolute Gasteiger partial charge is 0.459 e. The first-order valence-corrected chi connectivity index (χ1v) is 27.1. The minimum atomic E-state index is -2.07. The van der Waals surface area contributed by atoms with E-state index in [-0.39, 0.29) is 50.2 Å². The average molecular weight is 1150 g/mol. The van der Waals surface area contributed by atoms with Crippen molar-refractivity contribution in [2.45, 2.75) is 121 Å². The number of halogens is 1. The van der Waals surface area contributed by atoms with E-state index in [1.165, 1.54) is 10.6 Å². The van der Waals surface area contributed by atoms with Crippen molar-refractivity contribution in [3.05, 3.63) is 110 Å². The molecule has 26 heteroatoms. The van der Waals surface area contributed by atoms with E-state index < -0.39 is 132 Å². The number of hydrogen-bond acceptors (Lipinski definition) is 17. The standard InChI is InChI=1S/C57H63FN10O15/c1-6-57(80)34-19-39-49-32(26-67(39)52(77)33(34)27-81-54(57)79)48-36(13-12-31-29(2)35(58)20-37(65-49)47(31)48)66-53(78)56(16-17-56)82-28-63-42(70)23-61-50(75)38(18-30-10-8-7-9-11-30)64-43(71)24-60-41(69)22-62-51(76)40(68-44(72)14-15-45(68)73)21-59-25-46(74)83-55(3,4)5/h7-11,14-15,19-20,36,38,40,59,80H,6,12-13,16-18,21-28H2,1-5H3,(H,60,69)(H,61,75)(H,62,76)(H,63,70)(H,64,71)(H,66,78)/t36-,38-,40-,57-/m0/s1. The second-order valence-corrected chi connectivity index (χ2v) is 21.9. The number of aliphatic hydroxyl groups is 1. The molecule has 2 aromatic carbocycles. The van der Waals surface area contributed by atoms with Crippen molar-refractivity contribution >= 4 is 70.1 Å². The highest BCUT2D eigenvalue weighted by atomic mass is 19.1. The van der Waals surface area contributed by atoms with Crippen LogP contribution in [0.5, 0.6) is 0 Å². The molecule has 8 amide bonds. The van der Waals surface area contributed by atoms with Gasteiger partial charge in [0.1, 0.15) is 42.4 Å². The molecule has 9 rings (SSSR count). The Morgan fingerprint density at radius 1 is 0.867 bits per heavy atom. The molecule has 0 radical (unpaired) electrons. The summed E-state index contributed by atoms with van der Waals surface area (Å²) in [6.45, 7) is 4.91. The third kappa shape index (κ3) is 12.4. The van der Waals surface area contributed by atoms with Crippen LogP contribution in [-0.4, -0.2) is 141 Å². The van der Waals surface area contributed by atoms with Crippen LogP contribution < -0.4 is 42.8 Å². The zero-order valence-electron chi connectivity index (χ0n) is 46.2. The van der Waals surface area contributed by atoms with Crippen molar-refractivity contribution in [2.24, 2.45) is 0 Å². The predicted octanol–water partition coefficient (Wildman–Crippen LogP) is -0.445. The first kappa shape index (κ1) is 58.9. The minimum absolute atomic E-state index is 0.0258. The van der Waals surface area contributed by atoms with E-state index in [4.69, 9.17) is 19.2 Å². The molecule has 0 saturated heterocycles. The first-order valence-electron chi connectivity index (χ1n) is 27.1. The summed E-state index contributed by atoms with van der Waals surface area (Å²) in [7, 11) is 0. The number of esters is 2. The van der Waals surface area contributed by atoms with Gasteiger partial charge in [-0.05, 0) is 88.1 Å². The number of cyclic esters (lactones) is 1. The van der Waals surface area contributed by atoms with Gasteiger partial charge >= 0.3 is 11.9 Å². The third-order valence-corrected chi connectivity index (χ3v) is 15.1. The number of hydrogen-bond donors (Lipinski definition) is 8. The number of amides is 8. The van der Waals surface area contributed by atoms with E-state index in [9.17, 15) is 57.8 Å². The van der Waals surface area contributed by atoms with E-state index in [2.05, 4.69) is 37.2 Å². The summed E-state index contributed by atoms with van der Waals surface area (Å²) in [4.78, 5) is 150. The topological polar surface area (TPSA) is 341 Å². The maximum absolute atomic E-state index is 15.5. The molecule has 5 aliphatic rings. The lowest BCUT2D eigenvalue weighted by Crippen LogP contribution is -2.56. The molecule has 438 valence electrons. The smallest absolute Gasteiger partial charge is 0.343 e. The van der Waals surface area contributed by atoms with Crippen LogP contribution >= 0.6 is 0 Å². The molecule has 3 aliphatic heterocycles. The number of imide groups is 1. The normalized spacial score (nSPS) is 18.7. The lowest BCUT2D eigenvalue weighted by molar-refractivity contribution is -0.172. The van der Waals surface area contributed by atoms with Gasteiger partial charge in [-0.25, -0.2) is 14.2 Å². The molecule has 1 saturated carbocycles. The minimum Gasteiger partial charge on any atom is -0.459 e. The van der Waals surface area contributed by atoms with Gasteiger partial charge < -0.3 is 61.1 Å². The van der Waals surface area contributed by atoms with Crippen molar-refractivity contribution in [2.75, 3.05) is 39.5 Å².